The lowest BCUT2D eigenvalue weighted by Crippen LogP contribution is -2.47. The molecule has 1 saturated carbocycles. The number of ether oxygens (including phenoxy) is 2. The smallest absolute Gasteiger partial charge is 0.124 e. The van der Waals surface area contributed by atoms with Crippen molar-refractivity contribution in [1.29, 1.82) is 0 Å². The van der Waals surface area contributed by atoms with Crippen LogP contribution in [0.15, 0.2) is 24.3 Å². The van der Waals surface area contributed by atoms with Crippen molar-refractivity contribution in [2.75, 3.05) is 20.8 Å². The van der Waals surface area contributed by atoms with Gasteiger partial charge in [0.1, 0.15) is 5.75 Å². The van der Waals surface area contributed by atoms with Crippen LogP contribution in [0.25, 0.3) is 0 Å². The Morgan fingerprint density at radius 3 is 2.76 bits per heavy atom. The monoisotopic (exact) mass is 291 g/mol. The zero-order valence-electron chi connectivity index (χ0n) is 13.8. The molecule has 1 fully saturated rings. The van der Waals surface area contributed by atoms with Gasteiger partial charge in [-0.3, -0.25) is 0 Å². The van der Waals surface area contributed by atoms with Crippen molar-refractivity contribution < 1.29 is 9.47 Å². The van der Waals surface area contributed by atoms with E-state index in [1.807, 2.05) is 27.1 Å². The Balaban J connectivity index is 2.37. The second kappa shape index (κ2) is 7.28. The van der Waals surface area contributed by atoms with E-state index in [0.717, 1.165) is 18.6 Å². The third kappa shape index (κ3) is 3.41. The normalized spacial score (nSPS) is 27.3. The summed E-state index contributed by atoms with van der Waals surface area (Å²) in [5.74, 6) is 1.67. The lowest BCUT2D eigenvalue weighted by molar-refractivity contribution is -0.0794. The summed E-state index contributed by atoms with van der Waals surface area (Å²) in [6.45, 7) is 5.04. The van der Waals surface area contributed by atoms with Crippen LogP contribution in [0.1, 0.15) is 51.1 Å². The molecule has 0 amide bonds. The van der Waals surface area contributed by atoms with Gasteiger partial charge in [-0.1, -0.05) is 38.0 Å². The van der Waals surface area contributed by atoms with Crippen molar-refractivity contribution in [2.24, 2.45) is 5.92 Å². The molecule has 0 radical (unpaired) electrons. The second-order valence-electron chi connectivity index (χ2n) is 6.16. The summed E-state index contributed by atoms with van der Waals surface area (Å²) in [7, 11) is 3.87. The van der Waals surface area contributed by atoms with Crippen molar-refractivity contribution >= 4 is 0 Å². The van der Waals surface area contributed by atoms with Gasteiger partial charge >= 0.3 is 0 Å². The third-order valence-electron chi connectivity index (χ3n) is 4.74. The van der Waals surface area contributed by atoms with E-state index >= 15 is 0 Å². The third-order valence-corrected chi connectivity index (χ3v) is 4.74. The molecule has 1 aromatic rings. The number of nitrogens with one attached hydrogen (secondary N) is 1. The zero-order chi connectivity index (χ0) is 15.3. The van der Waals surface area contributed by atoms with Gasteiger partial charge in [0, 0.05) is 12.7 Å². The molecule has 1 N–H and O–H groups in total. The van der Waals surface area contributed by atoms with Crippen molar-refractivity contribution in [2.45, 2.75) is 51.2 Å². The van der Waals surface area contributed by atoms with E-state index in [-0.39, 0.29) is 11.6 Å². The number of likely N-dealkylation sites (N-methyl/N-ethyl adjacent to an activating group) is 1. The Kier molecular flexibility index (Phi) is 5.65. The van der Waals surface area contributed by atoms with Crippen LogP contribution in [0.3, 0.4) is 0 Å². The van der Waals surface area contributed by atoms with Gasteiger partial charge in [0.2, 0.25) is 0 Å². The van der Waals surface area contributed by atoms with E-state index in [1.165, 1.54) is 18.4 Å². The summed E-state index contributed by atoms with van der Waals surface area (Å²) in [5, 5.41) is 3.49. The number of methoxy groups -OCH3 is 1. The van der Waals surface area contributed by atoms with Crippen LogP contribution in [0.2, 0.25) is 0 Å². The Morgan fingerprint density at radius 1 is 1.38 bits per heavy atom. The van der Waals surface area contributed by atoms with Gasteiger partial charge in [0.15, 0.2) is 0 Å². The minimum Gasteiger partial charge on any atom is -0.494 e. The molecule has 3 heteroatoms. The first kappa shape index (κ1) is 16.3. The number of hydrogen-bond acceptors (Lipinski definition) is 3. The van der Waals surface area contributed by atoms with Gasteiger partial charge < -0.3 is 14.8 Å². The first-order valence-electron chi connectivity index (χ1n) is 8.11. The highest BCUT2D eigenvalue weighted by molar-refractivity contribution is 5.38. The molecule has 21 heavy (non-hydrogen) atoms. The molecule has 3 atom stereocenters. The first-order chi connectivity index (χ1) is 10.2. The molecule has 0 aliphatic heterocycles. The largest absolute Gasteiger partial charge is 0.494 e. The number of para-hydroxylation sites is 1. The Bertz CT molecular complexity index is 449. The summed E-state index contributed by atoms with van der Waals surface area (Å²) >= 11 is 0. The highest BCUT2D eigenvalue weighted by atomic mass is 16.5. The summed E-state index contributed by atoms with van der Waals surface area (Å²) < 4.78 is 11.9. The molecule has 1 aliphatic carbocycles. The maximum atomic E-state index is 6.07. The topological polar surface area (TPSA) is 30.5 Å². The Labute approximate surface area is 129 Å². The highest BCUT2D eigenvalue weighted by Crippen LogP contribution is 2.45. The van der Waals surface area contributed by atoms with E-state index in [1.54, 1.807) is 0 Å². The second-order valence-corrected chi connectivity index (χ2v) is 6.16. The van der Waals surface area contributed by atoms with E-state index in [2.05, 4.69) is 30.4 Å². The average Bonchev–Trinajstić information content (AvgIpc) is 2.50. The lowest BCUT2D eigenvalue weighted by Gasteiger charge is -2.45. The van der Waals surface area contributed by atoms with Crippen LogP contribution in [-0.2, 0) is 4.74 Å². The molecule has 0 spiro atoms. The van der Waals surface area contributed by atoms with Gasteiger partial charge in [0.05, 0.1) is 18.2 Å². The van der Waals surface area contributed by atoms with Gasteiger partial charge in [-0.05, 0) is 38.8 Å². The quantitative estimate of drug-likeness (QED) is 0.861. The minimum absolute atomic E-state index is 0.139. The van der Waals surface area contributed by atoms with Crippen molar-refractivity contribution in [3.8, 4) is 5.75 Å². The molecule has 3 nitrogen and oxygen atoms in total. The molecule has 0 aromatic heterocycles. The van der Waals surface area contributed by atoms with Crippen molar-refractivity contribution in [3.63, 3.8) is 0 Å². The summed E-state index contributed by atoms with van der Waals surface area (Å²) in [4.78, 5) is 0. The average molecular weight is 291 g/mol. The van der Waals surface area contributed by atoms with Crippen LogP contribution >= 0.6 is 0 Å². The number of rotatable bonds is 6. The van der Waals surface area contributed by atoms with Gasteiger partial charge in [-0.15, -0.1) is 0 Å². The maximum Gasteiger partial charge on any atom is 0.124 e. The van der Waals surface area contributed by atoms with Crippen LogP contribution in [0.4, 0.5) is 0 Å². The fourth-order valence-corrected chi connectivity index (χ4v) is 3.82. The lowest BCUT2D eigenvalue weighted by atomic mass is 9.72. The SMILES string of the molecule is CCOc1ccccc1C(NC)C1(OC)CCCC(C)C1. The predicted molar refractivity (Wildman–Crippen MR) is 86.8 cm³/mol. The van der Waals surface area contributed by atoms with Crippen LogP contribution in [-0.4, -0.2) is 26.4 Å². The number of benzene rings is 1. The Hall–Kier alpha value is -1.06. The summed E-state index contributed by atoms with van der Waals surface area (Å²) in [6, 6.07) is 8.49. The van der Waals surface area contributed by atoms with E-state index < -0.39 is 0 Å². The van der Waals surface area contributed by atoms with E-state index in [0.29, 0.717) is 12.5 Å². The Morgan fingerprint density at radius 2 is 2.14 bits per heavy atom. The van der Waals surface area contributed by atoms with Crippen LogP contribution in [0, 0.1) is 5.92 Å². The molecule has 1 aromatic carbocycles. The molecule has 0 heterocycles. The van der Waals surface area contributed by atoms with E-state index in [4.69, 9.17) is 9.47 Å². The van der Waals surface area contributed by atoms with E-state index in [9.17, 15) is 0 Å². The highest BCUT2D eigenvalue weighted by Gasteiger charge is 2.43. The zero-order valence-corrected chi connectivity index (χ0v) is 13.8. The van der Waals surface area contributed by atoms with Crippen LogP contribution in [0.5, 0.6) is 5.75 Å². The van der Waals surface area contributed by atoms with Crippen LogP contribution < -0.4 is 10.1 Å². The molecule has 1 aliphatic rings. The predicted octanol–water partition coefficient (Wildman–Crippen LogP) is 3.94. The molecule has 118 valence electrons. The van der Waals surface area contributed by atoms with Gasteiger partial charge in [-0.2, -0.15) is 0 Å². The van der Waals surface area contributed by atoms with Gasteiger partial charge in [0.25, 0.3) is 0 Å². The standard InChI is InChI=1S/C18H29NO2/c1-5-21-16-11-7-6-10-15(16)17(19-3)18(20-4)12-8-9-14(2)13-18/h6-7,10-11,14,17,19H,5,8-9,12-13H2,1-4H3. The van der Waals surface area contributed by atoms with Gasteiger partial charge in [-0.25, -0.2) is 0 Å². The fourth-order valence-electron chi connectivity index (χ4n) is 3.82. The summed E-state index contributed by atoms with van der Waals surface area (Å²) in [5.41, 5.74) is 1.07. The fraction of sp³-hybridized carbons (Fsp3) is 0.667. The first-order valence-corrected chi connectivity index (χ1v) is 8.11. The van der Waals surface area contributed by atoms with Crippen molar-refractivity contribution in [3.05, 3.63) is 29.8 Å². The minimum atomic E-state index is -0.139. The molecular weight excluding hydrogens is 262 g/mol. The maximum absolute atomic E-state index is 6.07. The molecular formula is C18H29NO2. The molecule has 3 unspecified atom stereocenters. The summed E-state index contributed by atoms with van der Waals surface area (Å²) in [6.07, 6.45) is 4.72. The number of hydrogen-bond donors (Lipinski definition) is 1. The van der Waals surface area contributed by atoms with Crippen molar-refractivity contribution in [1.82, 2.24) is 5.32 Å². The molecule has 0 saturated heterocycles. The molecule has 2 rings (SSSR count). The molecule has 0 bridgehead atoms.